The molecule has 0 bridgehead atoms. The number of cyclic esters (lactones) is 2. The quantitative estimate of drug-likeness (QED) is 0.0584. The maximum absolute atomic E-state index is 13.0. The average molecular weight is 861 g/mol. The second kappa shape index (κ2) is 17.0. The molecule has 0 spiro atoms. The Morgan fingerprint density at radius 3 is 1.57 bits per heavy atom. The molecule has 0 atom stereocenters. The van der Waals surface area contributed by atoms with E-state index >= 15 is 0 Å². The van der Waals surface area contributed by atoms with Crippen molar-refractivity contribution in [3.63, 3.8) is 0 Å². The number of amides is 2. The van der Waals surface area contributed by atoms with Gasteiger partial charge in [-0.25, -0.2) is 19.5 Å². The fourth-order valence-corrected chi connectivity index (χ4v) is 6.81. The topological polar surface area (TPSA) is 167 Å². The van der Waals surface area contributed by atoms with Gasteiger partial charge in [-0.15, -0.1) is 0 Å². The van der Waals surface area contributed by atoms with Gasteiger partial charge in [0.15, 0.2) is 11.6 Å². The fourth-order valence-electron chi connectivity index (χ4n) is 6.81. The van der Waals surface area contributed by atoms with E-state index in [1.807, 2.05) is 37.3 Å². The van der Waals surface area contributed by atoms with E-state index in [4.69, 9.17) is 25.1 Å². The number of para-hydroxylation sites is 2. The molecule has 0 fully saturated rings. The maximum atomic E-state index is 13.0. The summed E-state index contributed by atoms with van der Waals surface area (Å²) in [7, 11) is 9.90. The number of hydrogen-bond donors (Lipinski definition) is 1. The molecule has 0 saturated heterocycles. The molecule has 11 nitrogen and oxygen atoms in total. The third-order valence-corrected chi connectivity index (χ3v) is 9.48. The zero-order valence-corrected chi connectivity index (χ0v) is 35.0. The van der Waals surface area contributed by atoms with Crippen molar-refractivity contribution in [2.24, 2.45) is 0 Å². The van der Waals surface area contributed by atoms with E-state index in [-0.39, 0.29) is 11.6 Å². The van der Waals surface area contributed by atoms with Crippen LogP contribution in [0.3, 0.4) is 0 Å². The summed E-state index contributed by atoms with van der Waals surface area (Å²) in [6, 6.07) is 38.4. The van der Waals surface area contributed by atoms with Crippen LogP contribution in [0, 0.1) is 6.92 Å². The second-order valence-electron chi connectivity index (χ2n) is 13.0. The van der Waals surface area contributed by atoms with Gasteiger partial charge in [-0.05, 0) is 55.5 Å². The Morgan fingerprint density at radius 1 is 0.552 bits per heavy atom. The summed E-state index contributed by atoms with van der Waals surface area (Å²) < 4.78 is 4.35. The molecule has 14 heteroatoms. The van der Waals surface area contributed by atoms with Crippen molar-refractivity contribution in [3.05, 3.63) is 178 Å². The van der Waals surface area contributed by atoms with E-state index in [0.29, 0.717) is 55.7 Å². The van der Waals surface area contributed by atoms with Gasteiger partial charge in [0.1, 0.15) is 5.92 Å². The Morgan fingerprint density at radius 2 is 1.02 bits per heavy atom. The van der Waals surface area contributed by atoms with Crippen LogP contribution in [-0.2, 0) is 19.9 Å². The van der Waals surface area contributed by atoms with Crippen LogP contribution < -0.4 is 10.6 Å². The third-order valence-electron chi connectivity index (χ3n) is 9.48. The number of aromatic nitrogens is 2. The molecular formula is C44H28Cl2N4O7Zn. The molecule has 4 heterocycles. The summed E-state index contributed by atoms with van der Waals surface area (Å²) in [4.78, 5) is 83.7. The molecule has 3 aliphatic rings. The van der Waals surface area contributed by atoms with Crippen LogP contribution in [0.25, 0.3) is 21.8 Å². The number of pyridine rings is 2. The number of nitrogen functional groups attached to an aromatic ring is 1. The molecule has 5 aromatic carbocycles. The van der Waals surface area contributed by atoms with Gasteiger partial charge < -0.3 is 10.5 Å². The molecule has 0 unspecified atom stereocenters. The summed E-state index contributed by atoms with van der Waals surface area (Å²) in [5.41, 5.74) is 11.6. The Balaban J connectivity index is 0.000000160. The first kappa shape index (κ1) is 39.8. The number of anilines is 2. The average Bonchev–Trinajstić information content (AvgIpc) is 3.78. The molecule has 2 amide bonds. The minimum absolute atomic E-state index is 0.296. The normalized spacial score (nSPS) is 13.7. The van der Waals surface area contributed by atoms with Crippen LogP contribution >= 0.6 is 19.4 Å². The Kier molecular flexibility index (Phi) is 11.6. The predicted molar refractivity (Wildman–Crippen MR) is 216 cm³/mol. The van der Waals surface area contributed by atoms with Crippen molar-refractivity contribution in [1.82, 2.24) is 9.97 Å². The molecule has 2 aromatic heterocycles. The van der Waals surface area contributed by atoms with E-state index < -0.39 is 44.8 Å². The molecule has 10 rings (SSSR count). The number of Topliss-reactive ketones (excluding diaryl/α,β-unsaturated/α-hetero) is 2. The summed E-state index contributed by atoms with van der Waals surface area (Å²) in [5, 5.41) is 1.79. The van der Waals surface area contributed by atoms with E-state index in [1.54, 1.807) is 103 Å². The van der Waals surface area contributed by atoms with Gasteiger partial charge in [0.2, 0.25) is 0 Å². The first-order valence-electron chi connectivity index (χ1n) is 17.7. The molecule has 1 aliphatic carbocycles. The van der Waals surface area contributed by atoms with Gasteiger partial charge in [0, 0.05) is 27.6 Å². The number of nitrogens with two attached hydrogens (primary N) is 1. The molecule has 7 aromatic rings. The van der Waals surface area contributed by atoms with Crippen molar-refractivity contribution in [3.8, 4) is 0 Å². The summed E-state index contributed by atoms with van der Waals surface area (Å²) >= 11 is -0.931. The number of ether oxygens (including phenoxy) is 1. The first-order chi connectivity index (χ1) is 28.0. The number of hydrogen-bond acceptors (Lipinski definition) is 10. The second-order valence-corrected chi connectivity index (χ2v) is 17.6. The van der Waals surface area contributed by atoms with Crippen LogP contribution in [0.15, 0.2) is 133 Å². The van der Waals surface area contributed by atoms with Crippen molar-refractivity contribution in [2.75, 3.05) is 10.6 Å². The Labute approximate surface area is 346 Å². The van der Waals surface area contributed by atoms with Crippen LogP contribution in [0.4, 0.5) is 11.4 Å². The monoisotopic (exact) mass is 858 g/mol. The summed E-state index contributed by atoms with van der Waals surface area (Å²) in [5.74, 6) is -3.58. The number of carbonyl (C=O) groups excluding carboxylic acids is 6. The minimum atomic E-state index is -1.04. The molecular weight excluding hydrogens is 833 g/mol. The number of carbonyl (C=O) groups is 6. The summed E-state index contributed by atoms with van der Waals surface area (Å²) in [6.45, 7) is 1.96. The molecule has 282 valence electrons. The van der Waals surface area contributed by atoms with Crippen LogP contribution in [-0.4, -0.2) is 45.3 Å². The predicted octanol–water partition coefficient (Wildman–Crippen LogP) is 8.70. The van der Waals surface area contributed by atoms with Gasteiger partial charge in [-0.1, -0.05) is 84.9 Å². The van der Waals surface area contributed by atoms with Gasteiger partial charge in [0.05, 0.1) is 50.4 Å². The number of rotatable bonds is 2. The van der Waals surface area contributed by atoms with Gasteiger partial charge >= 0.3 is 46.5 Å². The van der Waals surface area contributed by atoms with Crippen molar-refractivity contribution in [2.45, 2.75) is 12.8 Å². The molecule has 2 aliphatic heterocycles. The van der Waals surface area contributed by atoms with Crippen molar-refractivity contribution < 1.29 is 48.6 Å². The molecule has 2 N–H and O–H groups in total. The number of aryl methyl sites for hydroxylation is 1. The Hall–Kier alpha value is -6.46. The number of esters is 2. The van der Waals surface area contributed by atoms with Crippen molar-refractivity contribution in [1.29, 1.82) is 0 Å². The molecule has 0 saturated carbocycles. The molecule has 0 radical (unpaired) electrons. The van der Waals surface area contributed by atoms with E-state index in [2.05, 4.69) is 14.7 Å². The number of benzene rings is 5. The van der Waals surface area contributed by atoms with Gasteiger partial charge in [-0.2, -0.15) is 0 Å². The van der Waals surface area contributed by atoms with Crippen LogP contribution in [0.1, 0.15) is 79.5 Å². The zero-order valence-electron chi connectivity index (χ0n) is 30.5. The van der Waals surface area contributed by atoms with E-state index in [9.17, 15) is 28.8 Å². The Bertz CT molecular complexity index is 2750. The first-order valence-corrected chi connectivity index (χ1v) is 25.5. The summed E-state index contributed by atoms with van der Waals surface area (Å²) in [6.07, 6.45) is 0. The van der Waals surface area contributed by atoms with E-state index in [0.717, 1.165) is 27.2 Å². The zero-order chi connectivity index (χ0) is 41.1. The van der Waals surface area contributed by atoms with Crippen LogP contribution in [0.5, 0.6) is 0 Å². The third kappa shape index (κ3) is 7.53. The van der Waals surface area contributed by atoms with Crippen LogP contribution in [0.2, 0.25) is 0 Å². The van der Waals surface area contributed by atoms with E-state index in [1.165, 1.54) is 0 Å². The molecule has 58 heavy (non-hydrogen) atoms. The standard InChI is InChI=1S/C26H14N2O4.C10H10N2.C8H4O3.2ClH.Zn/c29-23-15-7-1-2-8-16(15)24(30)21(23)19-13-12-14-6-5-11-20(22(14)27-19)28-25(31)17-9-3-4-10-18(17)26(28)32;1-7-5-6-8-3-2-4-9(11)10(8)12-7;9-7-5-3-1-2-4-6(5)8(10)11-7;;;/h1-13,21H;2-6H,11H2,1H3;1-4H;2*1H;/q;;;;;+2/p-2. The van der Waals surface area contributed by atoms with Gasteiger partial charge in [-0.3, -0.25) is 24.2 Å². The van der Waals surface area contributed by atoms with Crippen molar-refractivity contribution >= 4 is 87.9 Å². The number of halogens is 2. The number of nitrogens with zero attached hydrogens (tertiary/aromatic N) is 3. The number of ketones is 2. The number of imide groups is 1. The fraction of sp³-hybridized carbons (Fsp3) is 0.0455. The SMILES string of the molecule is Cc1ccc2cccc(N)c2n1.O=C1OC(=O)c2ccccc21.O=C1c2ccccc2C(=O)C1c1ccc2cccc(N3C(=O)c4ccccc4C3=O)c2n1.[Cl][Zn][Cl]. The number of fused-ring (bicyclic) bond motifs is 5. The van der Waals surface area contributed by atoms with Gasteiger partial charge in [0.25, 0.3) is 11.8 Å².